The van der Waals surface area contributed by atoms with Crippen molar-refractivity contribution in [2.24, 2.45) is 0 Å². The molecule has 0 saturated carbocycles. The minimum atomic E-state index is -4.42. The number of alkyl halides is 3. The highest BCUT2D eigenvalue weighted by Gasteiger charge is 2.30. The van der Waals surface area contributed by atoms with Gasteiger partial charge in [-0.15, -0.1) is 0 Å². The van der Waals surface area contributed by atoms with Gasteiger partial charge in [-0.1, -0.05) is 24.3 Å². The minimum Gasteiger partial charge on any atom is -0.475 e. The Balaban J connectivity index is 1.80. The summed E-state index contributed by atoms with van der Waals surface area (Å²) in [6.45, 7) is 0.754. The van der Waals surface area contributed by atoms with Gasteiger partial charge in [-0.05, 0) is 47.5 Å². The SMILES string of the molecule is O=C(O)c1ccc(CN(Cc2ccc(C(F)(F)F)cc2)Cc2cccc(F)c2)o1. The second-order valence-electron chi connectivity index (χ2n) is 6.54. The zero-order valence-corrected chi connectivity index (χ0v) is 15.1. The van der Waals surface area contributed by atoms with Crippen LogP contribution in [0.2, 0.25) is 0 Å². The van der Waals surface area contributed by atoms with E-state index < -0.39 is 23.5 Å². The van der Waals surface area contributed by atoms with Crippen molar-refractivity contribution in [3.8, 4) is 0 Å². The van der Waals surface area contributed by atoms with E-state index in [0.717, 1.165) is 12.1 Å². The molecule has 0 radical (unpaired) electrons. The topological polar surface area (TPSA) is 53.7 Å². The van der Waals surface area contributed by atoms with Crippen LogP contribution in [0.4, 0.5) is 17.6 Å². The molecule has 29 heavy (non-hydrogen) atoms. The Hall–Kier alpha value is -3.13. The van der Waals surface area contributed by atoms with Crippen LogP contribution in [0.3, 0.4) is 0 Å². The molecular weight excluding hydrogens is 390 g/mol. The predicted octanol–water partition coefficient (Wildman–Crippen LogP) is 5.34. The van der Waals surface area contributed by atoms with Crippen molar-refractivity contribution in [2.75, 3.05) is 0 Å². The van der Waals surface area contributed by atoms with E-state index in [1.807, 2.05) is 4.90 Å². The molecule has 0 aliphatic carbocycles. The van der Waals surface area contributed by atoms with E-state index in [9.17, 15) is 22.4 Å². The van der Waals surface area contributed by atoms with Crippen molar-refractivity contribution >= 4 is 5.97 Å². The highest BCUT2D eigenvalue weighted by atomic mass is 19.4. The maximum Gasteiger partial charge on any atom is 0.416 e. The van der Waals surface area contributed by atoms with Crippen LogP contribution in [0.5, 0.6) is 0 Å². The molecule has 0 unspecified atom stereocenters. The number of hydrogen-bond donors (Lipinski definition) is 1. The lowest BCUT2D eigenvalue weighted by Crippen LogP contribution is -2.22. The highest BCUT2D eigenvalue weighted by Crippen LogP contribution is 2.29. The molecule has 0 fully saturated rings. The van der Waals surface area contributed by atoms with Gasteiger partial charge >= 0.3 is 12.1 Å². The van der Waals surface area contributed by atoms with Gasteiger partial charge < -0.3 is 9.52 Å². The van der Waals surface area contributed by atoms with Gasteiger partial charge in [-0.3, -0.25) is 4.90 Å². The van der Waals surface area contributed by atoms with Crippen LogP contribution in [0.25, 0.3) is 0 Å². The Kier molecular flexibility index (Phi) is 6.03. The smallest absolute Gasteiger partial charge is 0.416 e. The van der Waals surface area contributed by atoms with Crippen molar-refractivity contribution in [3.63, 3.8) is 0 Å². The molecule has 0 saturated heterocycles. The first kappa shape index (κ1) is 20.6. The Morgan fingerprint density at radius 2 is 1.62 bits per heavy atom. The van der Waals surface area contributed by atoms with Crippen LogP contribution >= 0.6 is 0 Å². The van der Waals surface area contributed by atoms with E-state index in [4.69, 9.17) is 9.52 Å². The highest BCUT2D eigenvalue weighted by molar-refractivity contribution is 5.84. The standard InChI is InChI=1S/C21H17F4NO3/c22-17-3-1-2-15(10-17)12-26(13-18-8-9-19(29-18)20(27)28)11-14-4-6-16(7-5-14)21(23,24)25/h1-10H,11-13H2,(H,27,28). The molecule has 0 atom stereocenters. The summed E-state index contributed by atoms with van der Waals surface area (Å²) in [5.74, 6) is -1.43. The summed E-state index contributed by atoms with van der Waals surface area (Å²) >= 11 is 0. The number of halogens is 4. The second kappa shape index (κ2) is 8.48. The second-order valence-corrected chi connectivity index (χ2v) is 6.54. The molecule has 1 heterocycles. The number of carboxylic acids is 1. The van der Waals surface area contributed by atoms with Crippen molar-refractivity contribution < 1.29 is 31.9 Å². The fourth-order valence-corrected chi connectivity index (χ4v) is 2.92. The first-order valence-corrected chi connectivity index (χ1v) is 8.65. The summed E-state index contributed by atoms with van der Waals surface area (Å²) in [6.07, 6.45) is -4.42. The van der Waals surface area contributed by atoms with E-state index in [1.54, 1.807) is 12.1 Å². The predicted molar refractivity (Wildman–Crippen MR) is 96.5 cm³/mol. The average molecular weight is 407 g/mol. The third-order valence-corrected chi connectivity index (χ3v) is 4.23. The number of carbonyl (C=O) groups is 1. The van der Waals surface area contributed by atoms with Gasteiger partial charge in [0.2, 0.25) is 5.76 Å². The molecule has 4 nitrogen and oxygen atoms in total. The Morgan fingerprint density at radius 1 is 0.931 bits per heavy atom. The van der Waals surface area contributed by atoms with Crippen molar-refractivity contribution in [2.45, 2.75) is 25.8 Å². The molecule has 0 aliphatic heterocycles. The van der Waals surface area contributed by atoms with E-state index in [0.29, 0.717) is 23.4 Å². The zero-order valence-electron chi connectivity index (χ0n) is 15.1. The monoisotopic (exact) mass is 407 g/mol. The van der Waals surface area contributed by atoms with Crippen LogP contribution in [-0.4, -0.2) is 16.0 Å². The van der Waals surface area contributed by atoms with Gasteiger partial charge in [0.25, 0.3) is 0 Å². The summed E-state index contributed by atoms with van der Waals surface area (Å²) in [6, 6.07) is 13.6. The molecule has 0 bridgehead atoms. The fourth-order valence-electron chi connectivity index (χ4n) is 2.92. The molecule has 1 N–H and O–H groups in total. The Bertz CT molecular complexity index is 980. The van der Waals surface area contributed by atoms with Crippen LogP contribution in [0.15, 0.2) is 65.1 Å². The molecule has 2 aromatic carbocycles. The van der Waals surface area contributed by atoms with Crippen molar-refractivity contribution in [3.05, 3.63) is 94.7 Å². The quantitative estimate of drug-likeness (QED) is 0.538. The number of hydrogen-bond acceptors (Lipinski definition) is 3. The van der Waals surface area contributed by atoms with E-state index in [1.165, 1.54) is 36.4 Å². The van der Waals surface area contributed by atoms with Crippen molar-refractivity contribution in [1.82, 2.24) is 4.90 Å². The third-order valence-electron chi connectivity index (χ3n) is 4.23. The lowest BCUT2D eigenvalue weighted by Gasteiger charge is -2.22. The lowest BCUT2D eigenvalue weighted by molar-refractivity contribution is -0.137. The first-order valence-electron chi connectivity index (χ1n) is 8.65. The Labute approximate surface area is 164 Å². The Morgan fingerprint density at radius 3 is 2.21 bits per heavy atom. The van der Waals surface area contributed by atoms with Gasteiger partial charge in [-0.25, -0.2) is 9.18 Å². The van der Waals surface area contributed by atoms with Crippen LogP contribution < -0.4 is 0 Å². The minimum absolute atomic E-state index is 0.199. The molecule has 0 spiro atoms. The molecule has 152 valence electrons. The third kappa shape index (κ3) is 5.68. The molecule has 0 amide bonds. The summed E-state index contributed by atoms with van der Waals surface area (Å²) in [4.78, 5) is 12.8. The van der Waals surface area contributed by atoms with E-state index in [2.05, 4.69) is 0 Å². The van der Waals surface area contributed by atoms with Gasteiger partial charge in [0.05, 0.1) is 12.1 Å². The van der Waals surface area contributed by atoms with Crippen LogP contribution in [0.1, 0.15) is 33.0 Å². The largest absolute Gasteiger partial charge is 0.475 e. The molecular formula is C21H17F4NO3. The maximum absolute atomic E-state index is 13.5. The van der Waals surface area contributed by atoms with Gasteiger partial charge in [0, 0.05) is 13.1 Å². The molecule has 3 aromatic rings. The number of aromatic carboxylic acids is 1. The number of carboxylic acid groups (broad SMARTS) is 1. The summed E-state index contributed by atoms with van der Waals surface area (Å²) in [5, 5.41) is 8.98. The molecule has 8 heteroatoms. The summed E-state index contributed by atoms with van der Waals surface area (Å²) in [5.41, 5.74) is 0.552. The summed E-state index contributed by atoms with van der Waals surface area (Å²) in [7, 11) is 0. The van der Waals surface area contributed by atoms with Crippen molar-refractivity contribution in [1.29, 1.82) is 0 Å². The number of benzene rings is 2. The molecule has 0 aliphatic rings. The normalized spacial score (nSPS) is 11.8. The first-order chi connectivity index (χ1) is 13.7. The van der Waals surface area contributed by atoms with Crippen LogP contribution in [0, 0.1) is 5.82 Å². The van der Waals surface area contributed by atoms with Gasteiger partial charge in [-0.2, -0.15) is 13.2 Å². The zero-order chi connectivity index (χ0) is 21.0. The maximum atomic E-state index is 13.5. The molecule has 1 aromatic heterocycles. The van der Waals surface area contributed by atoms with Gasteiger partial charge in [0.15, 0.2) is 0 Å². The summed E-state index contributed by atoms with van der Waals surface area (Å²) < 4.78 is 57.1. The fraction of sp³-hybridized carbons (Fsp3) is 0.190. The van der Waals surface area contributed by atoms with E-state index in [-0.39, 0.29) is 18.8 Å². The molecule has 3 rings (SSSR count). The van der Waals surface area contributed by atoms with Gasteiger partial charge in [0.1, 0.15) is 11.6 Å². The number of nitrogens with zero attached hydrogens (tertiary/aromatic N) is 1. The number of furan rings is 1. The number of rotatable bonds is 7. The van der Waals surface area contributed by atoms with Crippen LogP contribution in [-0.2, 0) is 25.8 Å². The van der Waals surface area contributed by atoms with E-state index >= 15 is 0 Å². The average Bonchev–Trinajstić information content (AvgIpc) is 3.10. The lowest BCUT2D eigenvalue weighted by atomic mass is 10.1.